The summed E-state index contributed by atoms with van der Waals surface area (Å²) in [5, 5.41) is 31.2. The molecule has 11 nitrogen and oxygen atoms in total. The van der Waals surface area contributed by atoms with Crippen LogP contribution in [0.2, 0.25) is 5.02 Å². The lowest BCUT2D eigenvalue weighted by Crippen LogP contribution is -2.50. The molecular weight excluding hydrogens is 468 g/mol. The number of nitriles is 1. The molecule has 0 bridgehead atoms. The zero-order chi connectivity index (χ0) is 24.1. The number of benzene rings is 1. The van der Waals surface area contributed by atoms with Crippen LogP contribution in [0.5, 0.6) is 0 Å². The van der Waals surface area contributed by atoms with Crippen molar-refractivity contribution < 1.29 is 5.11 Å². The molecule has 12 heteroatoms. The number of hydrogen-bond donors (Lipinski definition) is 3. The van der Waals surface area contributed by atoms with Gasteiger partial charge in [-0.3, -0.25) is 4.90 Å². The second-order valence-corrected chi connectivity index (χ2v) is 9.62. The number of anilines is 4. The number of aliphatic hydroxyl groups is 1. The van der Waals surface area contributed by atoms with Gasteiger partial charge < -0.3 is 25.5 Å². The molecule has 3 fully saturated rings. The Balaban J connectivity index is 1.35. The Morgan fingerprint density at radius 1 is 1.26 bits per heavy atom. The minimum Gasteiger partial charge on any atom is -0.392 e. The van der Waals surface area contributed by atoms with Crippen LogP contribution in [0.15, 0.2) is 18.3 Å². The van der Waals surface area contributed by atoms with Crippen LogP contribution in [0.25, 0.3) is 10.5 Å². The maximum atomic E-state index is 10.1. The van der Waals surface area contributed by atoms with Crippen LogP contribution in [0, 0.1) is 17.9 Å². The van der Waals surface area contributed by atoms with Gasteiger partial charge in [0.05, 0.1) is 40.3 Å². The first kappa shape index (κ1) is 21.9. The van der Waals surface area contributed by atoms with Crippen molar-refractivity contribution in [1.29, 1.82) is 5.26 Å². The van der Waals surface area contributed by atoms with Gasteiger partial charge >= 0.3 is 0 Å². The van der Waals surface area contributed by atoms with Crippen molar-refractivity contribution in [2.24, 2.45) is 0 Å². The molecule has 2 atom stereocenters. The molecule has 1 saturated carbocycles. The van der Waals surface area contributed by atoms with E-state index in [0.717, 1.165) is 44.6 Å². The summed E-state index contributed by atoms with van der Waals surface area (Å²) >= 11 is 6.87. The summed E-state index contributed by atoms with van der Waals surface area (Å²) < 4.78 is 1.46. The summed E-state index contributed by atoms with van der Waals surface area (Å²) in [4.78, 5) is 16.9. The third kappa shape index (κ3) is 4.08. The number of nitrogens with zero attached hydrogens (tertiary/aromatic N) is 8. The molecule has 2 saturated heterocycles. The number of aliphatic hydroxyl groups excluding tert-OH is 1. The Bertz CT molecular complexity index is 1390. The summed E-state index contributed by atoms with van der Waals surface area (Å²) in [5.74, 6) is 1.07. The highest BCUT2D eigenvalue weighted by molar-refractivity contribution is 6.36. The molecular formula is C23H23ClN10O. The largest absolute Gasteiger partial charge is 0.392 e. The van der Waals surface area contributed by atoms with Crippen LogP contribution >= 0.6 is 11.6 Å². The van der Waals surface area contributed by atoms with Crippen LogP contribution in [0.4, 0.5) is 29.0 Å². The van der Waals surface area contributed by atoms with Gasteiger partial charge in [0.25, 0.3) is 17.4 Å². The first-order valence-electron chi connectivity index (χ1n) is 11.6. The normalized spacial score (nSPS) is 22.0. The molecule has 3 aliphatic rings. The average Bonchev–Trinajstić information content (AvgIpc) is 3.44. The maximum absolute atomic E-state index is 10.1. The topological polar surface area (TPSA) is 122 Å². The third-order valence-electron chi connectivity index (χ3n) is 6.74. The van der Waals surface area contributed by atoms with E-state index in [1.165, 1.54) is 10.7 Å². The van der Waals surface area contributed by atoms with Gasteiger partial charge in [0.2, 0.25) is 0 Å². The number of piperazine rings is 1. The van der Waals surface area contributed by atoms with Crippen molar-refractivity contribution in [1.82, 2.24) is 24.5 Å². The summed E-state index contributed by atoms with van der Waals surface area (Å²) in [6.45, 7) is 10.4. The Labute approximate surface area is 206 Å². The van der Waals surface area contributed by atoms with Gasteiger partial charge in [-0.2, -0.15) is 10.2 Å². The molecule has 2 aromatic heterocycles. The first-order valence-corrected chi connectivity index (χ1v) is 12.0. The molecule has 2 aliphatic heterocycles. The number of fused-ring (bicyclic) bond motifs is 2. The number of halogens is 1. The van der Waals surface area contributed by atoms with Crippen molar-refractivity contribution >= 4 is 46.2 Å². The lowest BCUT2D eigenvalue weighted by atomic mass is 10.1. The lowest BCUT2D eigenvalue weighted by molar-refractivity contribution is 0.173. The maximum Gasteiger partial charge on any atom is 0.275 e. The molecule has 1 aliphatic carbocycles. The van der Waals surface area contributed by atoms with Crippen LogP contribution < -0.4 is 15.5 Å². The van der Waals surface area contributed by atoms with E-state index in [2.05, 4.69) is 46.4 Å². The van der Waals surface area contributed by atoms with E-state index >= 15 is 0 Å². The zero-order valence-corrected chi connectivity index (χ0v) is 19.6. The fourth-order valence-corrected chi connectivity index (χ4v) is 5.14. The number of aromatic nitrogens is 4. The highest BCUT2D eigenvalue weighted by Crippen LogP contribution is 2.38. The molecule has 0 radical (unpaired) electrons. The molecule has 1 aromatic carbocycles. The van der Waals surface area contributed by atoms with Gasteiger partial charge in [0, 0.05) is 38.3 Å². The van der Waals surface area contributed by atoms with E-state index in [4.69, 9.17) is 18.2 Å². The minimum atomic E-state index is -0.299. The molecule has 0 amide bonds. The van der Waals surface area contributed by atoms with E-state index in [0.29, 0.717) is 40.3 Å². The Morgan fingerprint density at radius 3 is 2.89 bits per heavy atom. The lowest BCUT2D eigenvalue weighted by Gasteiger charge is -2.39. The molecule has 6 rings (SSSR count). The molecule has 3 aromatic rings. The molecule has 3 N–H and O–H groups in total. The SMILES string of the molecule is [C-]#[N+]c1cnc2c(NC3CC3)nc(Nc3cc(C#N)cc(N4CCN5C[C@H](O)C[C@H]5C4)c3Cl)nn12. The summed E-state index contributed by atoms with van der Waals surface area (Å²) in [7, 11) is 0. The van der Waals surface area contributed by atoms with Gasteiger partial charge in [0.1, 0.15) is 0 Å². The van der Waals surface area contributed by atoms with Crippen LogP contribution in [0.3, 0.4) is 0 Å². The van der Waals surface area contributed by atoms with Crippen molar-refractivity contribution in [3.63, 3.8) is 0 Å². The van der Waals surface area contributed by atoms with Gasteiger partial charge in [0.15, 0.2) is 5.82 Å². The van der Waals surface area contributed by atoms with E-state index < -0.39 is 0 Å². The molecule has 0 unspecified atom stereocenters. The third-order valence-corrected chi connectivity index (χ3v) is 7.14. The van der Waals surface area contributed by atoms with Gasteiger partial charge in [-0.1, -0.05) is 23.3 Å². The fraction of sp³-hybridized carbons (Fsp3) is 0.435. The average molecular weight is 491 g/mol. The van der Waals surface area contributed by atoms with Gasteiger partial charge in [-0.25, -0.2) is 4.98 Å². The number of nitrogens with one attached hydrogen (secondary N) is 2. The van der Waals surface area contributed by atoms with E-state index in [1.807, 2.05) is 0 Å². The number of hydrogen-bond acceptors (Lipinski definition) is 9. The monoisotopic (exact) mass is 490 g/mol. The highest BCUT2D eigenvalue weighted by Gasteiger charge is 2.36. The highest BCUT2D eigenvalue weighted by atomic mass is 35.5. The predicted molar refractivity (Wildman–Crippen MR) is 131 cm³/mol. The summed E-state index contributed by atoms with van der Waals surface area (Å²) in [6.07, 6.45) is 4.02. The molecule has 35 heavy (non-hydrogen) atoms. The van der Waals surface area contributed by atoms with E-state index in [-0.39, 0.29) is 23.9 Å². The van der Waals surface area contributed by atoms with E-state index in [1.54, 1.807) is 12.1 Å². The van der Waals surface area contributed by atoms with Gasteiger partial charge in [-0.15, -0.1) is 4.52 Å². The Hall–Kier alpha value is -3.64. The van der Waals surface area contributed by atoms with Crippen LogP contribution in [-0.4, -0.2) is 74.0 Å². The van der Waals surface area contributed by atoms with Crippen molar-refractivity contribution in [3.8, 4) is 6.07 Å². The van der Waals surface area contributed by atoms with Crippen molar-refractivity contribution in [3.05, 3.63) is 40.3 Å². The molecule has 178 valence electrons. The first-order chi connectivity index (χ1) is 17.0. The van der Waals surface area contributed by atoms with Crippen LogP contribution in [-0.2, 0) is 0 Å². The minimum absolute atomic E-state index is 0.246. The predicted octanol–water partition coefficient (Wildman–Crippen LogP) is 2.77. The van der Waals surface area contributed by atoms with Crippen molar-refractivity contribution in [2.45, 2.75) is 37.5 Å². The smallest absolute Gasteiger partial charge is 0.275 e. The standard InChI is InChI=1S/C23H23ClN10O/c1-26-19-10-27-22-21(28-14-2-3-14)30-23(31-34(19)22)29-17-6-13(9-25)7-18(20(17)24)33-5-4-32-12-16(35)8-15(32)11-33/h6-7,10,14-16,35H,2-5,8,11-12H2,(H2,28,29,30,31)/t15-,16+/m0/s1. The molecule has 4 heterocycles. The molecule has 0 spiro atoms. The second kappa shape index (κ2) is 8.54. The second-order valence-electron chi connectivity index (χ2n) is 9.24. The van der Waals surface area contributed by atoms with Crippen molar-refractivity contribution in [2.75, 3.05) is 41.7 Å². The summed E-state index contributed by atoms with van der Waals surface area (Å²) in [6, 6.07) is 6.28. The Kier molecular flexibility index (Phi) is 5.33. The van der Waals surface area contributed by atoms with Crippen LogP contribution in [0.1, 0.15) is 24.8 Å². The van der Waals surface area contributed by atoms with E-state index in [9.17, 15) is 10.4 Å². The number of imidazole rings is 1. The quantitative estimate of drug-likeness (QED) is 0.463. The fourth-order valence-electron chi connectivity index (χ4n) is 4.87. The summed E-state index contributed by atoms with van der Waals surface area (Å²) in [5.41, 5.74) is 2.22. The zero-order valence-electron chi connectivity index (χ0n) is 18.8. The number of rotatable bonds is 5. The Morgan fingerprint density at radius 2 is 2.11 bits per heavy atom. The van der Waals surface area contributed by atoms with Gasteiger partial charge in [-0.05, 0) is 31.4 Å².